The van der Waals surface area contributed by atoms with E-state index in [0.29, 0.717) is 33.6 Å². The van der Waals surface area contributed by atoms with Crippen LogP contribution in [-0.2, 0) is 54.8 Å². The zero-order valence-electron chi connectivity index (χ0n) is 39.7. The molecule has 75 heavy (non-hydrogen) atoms. The van der Waals surface area contributed by atoms with Crippen molar-refractivity contribution in [3.05, 3.63) is 118 Å². The van der Waals surface area contributed by atoms with Crippen molar-refractivity contribution in [2.24, 2.45) is 0 Å². The predicted molar refractivity (Wildman–Crippen MR) is 254 cm³/mol. The number of carboxylic acid groups (broad SMARTS) is 4. The highest BCUT2D eigenvalue weighted by atomic mass is 16.7. The maximum atomic E-state index is 11.6. The van der Waals surface area contributed by atoms with Gasteiger partial charge in [0.1, 0.15) is 60.3 Å². The second-order valence-corrected chi connectivity index (χ2v) is 17.3. The summed E-state index contributed by atoms with van der Waals surface area (Å²) in [7, 11) is 0. The highest BCUT2D eigenvalue weighted by Gasteiger charge is 2.46. The van der Waals surface area contributed by atoms with Crippen molar-refractivity contribution in [1.82, 2.24) is 25.1 Å². The van der Waals surface area contributed by atoms with Gasteiger partial charge in [0.15, 0.2) is 0 Å². The molecule has 0 bridgehead atoms. The Labute approximate surface area is 427 Å². The van der Waals surface area contributed by atoms with Crippen LogP contribution in [0.4, 0.5) is 0 Å². The van der Waals surface area contributed by atoms with Crippen LogP contribution in [0.2, 0.25) is 0 Å². The van der Waals surface area contributed by atoms with E-state index in [1.54, 1.807) is 48.5 Å². The molecule has 2 aliphatic rings. The molecule has 0 aliphatic carbocycles. The van der Waals surface area contributed by atoms with Crippen molar-refractivity contribution in [3.8, 4) is 35.2 Å². The highest BCUT2D eigenvalue weighted by Crippen LogP contribution is 2.26. The maximum absolute atomic E-state index is 11.6. The van der Waals surface area contributed by atoms with Crippen LogP contribution >= 0.6 is 0 Å². The summed E-state index contributed by atoms with van der Waals surface area (Å²) in [5.74, 6) is 7.40. The van der Waals surface area contributed by atoms with Crippen LogP contribution in [0, 0.1) is 23.7 Å². The average Bonchev–Trinajstić information content (AvgIpc) is 3.35. The molecule has 10 unspecified atom stereocenters. The van der Waals surface area contributed by atoms with Crippen LogP contribution < -0.4 is 14.8 Å². The molecule has 4 aromatic rings. The Kier molecular flexibility index (Phi) is 20.4. The van der Waals surface area contributed by atoms with Gasteiger partial charge in [0.25, 0.3) is 0 Å². The second kappa shape index (κ2) is 26.9. The number of aromatic nitrogens is 2. The molecule has 0 spiro atoms. The fourth-order valence-corrected chi connectivity index (χ4v) is 7.78. The smallest absolute Gasteiger partial charge is 0.317 e. The fraction of sp³-hybridized carbons (Fsp3) is 0.400. The minimum atomic E-state index is -1.64. The van der Waals surface area contributed by atoms with Crippen molar-refractivity contribution in [2.45, 2.75) is 87.6 Å². The van der Waals surface area contributed by atoms with Gasteiger partial charge < -0.3 is 85.5 Å². The molecule has 25 nitrogen and oxygen atoms in total. The number of aliphatic carboxylic acids is 4. The number of aliphatic hydroxyl groups excluding tert-OH is 8. The molecule has 2 fully saturated rings. The van der Waals surface area contributed by atoms with E-state index in [0.717, 1.165) is 9.80 Å². The van der Waals surface area contributed by atoms with Crippen molar-refractivity contribution in [2.75, 3.05) is 39.4 Å². The molecule has 2 aromatic carbocycles. The predicted octanol–water partition coefficient (Wildman–Crippen LogP) is -3.13. The number of nitrogens with zero attached hydrogens (tertiary/aromatic N) is 4. The number of carbonyl (C=O) groups is 4. The van der Waals surface area contributed by atoms with Crippen LogP contribution in [-0.4, -0.2) is 206 Å². The zero-order chi connectivity index (χ0) is 54.3. The number of aliphatic hydroxyl groups is 8. The van der Waals surface area contributed by atoms with Crippen LogP contribution in [0.3, 0.4) is 0 Å². The lowest BCUT2D eigenvalue weighted by atomic mass is 9.99. The monoisotopic (exact) mass is 1050 g/mol. The molecule has 400 valence electrons. The number of rotatable bonds is 22. The van der Waals surface area contributed by atoms with E-state index in [9.17, 15) is 80.5 Å². The van der Waals surface area contributed by atoms with Gasteiger partial charge in [-0.1, -0.05) is 23.7 Å². The molecule has 0 amide bonds. The largest absolute Gasteiger partial charge is 0.480 e. The Hall–Kier alpha value is -7.18. The maximum Gasteiger partial charge on any atom is 0.317 e. The first-order valence-electron chi connectivity index (χ1n) is 23.0. The summed E-state index contributed by atoms with van der Waals surface area (Å²) in [4.78, 5) is 58.2. The van der Waals surface area contributed by atoms with Crippen LogP contribution in [0.5, 0.6) is 11.5 Å². The number of hydrogen-bond acceptors (Lipinski definition) is 21. The summed E-state index contributed by atoms with van der Waals surface area (Å²) in [5.41, 5.74) is 3.16. The first kappa shape index (κ1) is 57.1. The minimum Gasteiger partial charge on any atom is -0.480 e. The number of carboxylic acids is 4. The Morgan fingerprint density at radius 3 is 1.12 bits per heavy atom. The third-order valence-electron chi connectivity index (χ3n) is 11.3. The average molecular weight is 1050 g/mol. The molecule has 0 radical (unpaired) electrons. The van der Waals surface area contributed by atoms with E-state index in [1.807, 2.05) is 0 Å². The normalized spacial score (nSPS) is 23.3. The molecule has 2 saturated heterocycles. The van der Waals surface area contributed by atoms with E-state index in [2.05, 4.69) is 39.0 Å². The highest BCUT2D eigenvalue weighted by molar-refractivity contribution is 5.73. The second-order valence-electron chi connectivity index (χ2n) is 17.3. The standard InChI is InChI=1S/C50H55N5O20/c56-25-37-43(66)45(68)47(70)49(74-37)72-35-9-5-27(6-10-35)1-3-29-13-31(52-33(15-29)19-54(21-39(58)59)22-40(60)61)17-51-18-32-14-30(16-34(53-32)20-55(23-41(62)63)24-42(64)65)4-2-28-7-11-36(12-8-28)73-50-48(71)46(69)44(67)38(26-57)75-50/h5-16,37-38,43-51,56-57,66-71H,17-26H2,(H,58,59)(H,60,61)(H,62,63)(H,64,65). The molecule has 2 aromatic heterocycles. The van der Waals surface area contributed by atoms with Crippen molar-refractivity contribution < 1.29 is 99.4 Å². The lowest BCUT2D eigenvalue weighted by Gasteiger charge is -2.39. The van der Waals surface area contributed by atoms with E-state index in [1.165, 1.54) is 24.3 Å². The number of pyridine rings is 2. The van der Waals surface area contributed by atoms with Crippen molar-refractivity contribution >= 4 is 23.9 Å². The number of hydrogen-bond donors (Lipinski definition) is 13. The number of nitrogens with one attached hydrogen (secondary N) is 1. The van der Waals surface area contributed by atoms with Gasteiger partial charge in [0.2, 0.25) is 12.6 Å². The number of ether oxygens (including phenoxy) is 4. The summed E-state index contributed by atoms with van der Waals surface area (Å²) in [6, 6.07) is 18.8. The Morgan fingerprint density at radius 1 is 0.480 bits per heavy atom. The first-order valence-corrected chi connectivity index (χ1v) is 23.0. The van der Waals surface area contributed by atoms with Crippen molar-refractivity contribution in [3.63, 3.8) is 0 Å². The summed E-state index contributed by atoms with van der Waals surface area (Å²) < 4.78 is 22.1. The van der Waals surface area contributed by atoms with Crippen LogP contribution in [0.25, 0.3) is 0 Å². The topological polar surface area (TPSA) is 392 Å². The lowest BCUT2D eigenvalue weighted by Crippen LogP contribution is -2.60. The molecule has 10 atom stereocenters. The van der Waals surface area contributed by atoms with E-state index in [4.69, 9.17) is 18.9 Å². The lowest BCUT2D eigenvalue weighted by molar-refractivity contribution is -0.277. The van der Waals surface area contributed by atoms with Crippen molar-refractivity contribution in [1.29, 1.82) is 0 Å². The summed E-state index contributed by atoms with van der Waals surface area (Å²) in [5, 5.41) is 121. The molecular formula is C50H55N5O20. The molecule has 6 rings (SSSR count). The molecule has 4 heterocycles. The fourth-order valence-electron chi connectivity index (χ4n) is 7.78. The first-order chi connectivity index (χ1) is 35.8. The van der Waals surface area contributed by atoms with Crippen LogP contribution in [0.1, 0.15) is 45.0 Å². The van der Waals surface area contributed by atoms with Gasteiger partial charge in [-0.2, -0.15) is 0 Å². The van der Waals surface area contributed by atoms with E-state index in [-0.39, 0.29) is 49.1 Å². The van der Waals surface area contributed by atoms with Gasteiger partial charge in [-0.25, -0.2) is 0 Å². The van der Waals surface area contributed by atoms with Gasteiger partial charge in [-0.15, -0.1) is 0 Å². The van der Waals surface area contributed by atoms with Gasteiger partial charge in [0.05, 0.1) is 62.2 Å². The van der Waals surface area contributed by atoms with Gasteiger partial charge in [-0.05, 0) is 72.8 Å². The zero-order valence-corrected chi connectivity index (χ0v) is 39.7. The van der Waals surface area contributed by atoms with E-state index < -0.39 is 125 Å². The quantitative estimate of drug-likeness (QED) is 0.0346. The third-order valence-corrected chi connectivity index (χ3v) is 11.3. The molecule has 2 aliphatic heterocycles. The molecule has 25 heteroatoms. The molecule has 13 N–H and O–H groups in total. The number of benzene rings is 2. The Morgan fingerprint density at radius 2 is 0.800 bits per heavy atom. The Balaban J connectivity index is 1.22. The Bertz CT molecular complexity index is 2520. The van der Waals surface area contributed by atoms with Gasteiger partial charge in [-0.3, -0.25) is 38.9 Å². The summed E-state index contributed by atoms with van der Waals surface area (Å²) in [6.45, 7) is -3.97. The minimum absolute atomic E-state index is 0.0545. The SMILES string of the molecule is O=C(O)CN(CC(=O)O)Cc1cc(C#Cc2ccc(OC3OC(CO)C(O)C(O)C3O)cc2)cc(CNCc2cc(C#Cc3ccc(OC4OC(CO)C(O)C(O)C4O)cc3)cc(CN(CC(=O)O)CC(=O)O)n2)n1. The van der Waals surface area contributed by atoms with Gasteiger partial charge in [0, 0.05) is 48.4 Å². The molecule has 0 saturated carbocycles. The summed E-state index contributed by atoms with van der Waals surface area (Å²) in [6.07, 6.45) is -14.8. The van der Waals surface area contributed by atoms with Crippen LogP contribution in [0.15, 0.2) is 72.8 Å². The summed E-state index contributed by atoms with van der Waals surface area (Å²) >= 11 is 0. The van der Waals surface area contributed by atoms with Gasteiger partial charge >= 0.3 is 23.9 Å². The molecular weight excluding hydrogens is 991 g/mol. The van der Waals surface area contributed by atoms with E-state index >= 15 is 0 Å². The third kappa shape index (κ3) is 16.9.